The predicted molar refractivity (Wildman–Crippen MR) is 153 cm³/mol. The maximum absolute atomic E-state index is 13.6. The van der Waals surface area contributed by atoms with Crippen LogP contribution in [0.1, 0.15) is 62.5 Å². The van der Waals surface area contributed by atoms with E-state index in [9.17, 15) is 19.5 Å². The minimum atomic E-state index is -0.658. The van der Waals surface area contributed by atoms with Crippen molar-refractivity contribution in [2.45, 2.75) is 57.4 Å². The van der Waals surface area contributed by atoms with Crippen molar-refractivity contribution in [2.24, 2.45) is 0 Å². The van der Waals surface area contributed by atoms with E-state index in [1.807, 2.05) is 48.6 Å². The molecule has 2 N–H and O–H groups in total. The van der Waals surface area contributed by atoms with E-state index in [2.05, 4.69) is 11.9 Å². The van der Waals surface area contributed by atoms with Crippen LogP contribution in [0.5, 0.6) is 5.75 Å². The Morgan fingerprint density at radius 1 is 1.15 bits per heavy atom. The average molecular weight is 531 g/mol. The van der Waals surface area contributed by atoms with Gasteiger partial charge in [-0.2, -0.15) is 0 Å². The highest BCUT2D eigenvalue weighted by molar-refractivity contribution is 5.98. The van der Waals surface area contributed by atoms with Gasteiger partial charge in [-0.05, 0) is 67.5 Å². The summed E-state index contributed by atoms with van der Waals surface area (Å²) >= 11 is 0. The van der Waals surface area contributed by atoms with Crippen LogP contribution in [0.4, 0.5) is 5.69 Å². The molecular formula is C32H38N2O5. The normalized spacial score (nSPS) is 17.8. The van der Waals surface area contributed by atoms with Gasteiger partial charge in [-0.1, -0.05) is 61.2 Å². The average Bonchev–Trinajstić information content (AvgIpc) is 3.37. The summed E-state index contributed by atoms with van der Waals surface area (Å²) in [6.07, 6.45) is 11.7. The summed E-state index contributed by atoms with van der Waals surface area (Å²) in [6, 6.07) is 13.8. The Kier molecular flexibility index (Phi) is 11.1. The van der Waals surface area contributed by atoms with E-state index < -0.39 is 6.04 Å². The lowest BCUT2D eigenvalue weighted by molar-refractivity contribution is -0.143. The van der Waals surface area contributed by atoms with Gasteiger partial charge in [0.1, 0.15) is 11.8 Å². The molecule has 206 valence electrons. The summed E-state index contributed by atoms with van der Waals surface area (Å²) in [6.45, 7) is 7.78. The topological polar surface area (TPSA) is 95.9 Å². The van der Waals surface area contributed by atoms with Crippen molar-refractivity contribution in [1.29, 1.82) is 0 Å². The SMILES string of the molecule is C=C/C=C\C=C/CC(CCC(=O)OCC)c1cccc(NC(=O)C2C(c3ccc(O)cc3)CCN2C(C)=O)c1. The molecule has 3 unspecified atom stereocenters. The maximum Gasteiger partial charge on any atom is 0.305 e. The highest BCUT2D eigenvalue weighted by Crippen LogP contribution is 2.35. The zero-order valence-corrected chi connectivity index (χ0v) is 22.7. The lowest BCUT2D eigenvalue weighted by Crippen LogP contribution is -2.44. The largest absolute Gasteiger partial charge is 0.508 e. The Morgan fingerprint density at radius 3 is 2.62 bits per heavy atom. The molecule has 1 heterocycles. The fraction of sp³-hybridized carbons (Fsp3) is 0.344. The van der Waals surface area contributed by atoms with Crippen LogP contribution in [-0.4, -0.2) is 47.0 Å². The van der Waals surface area contributed by atoms with Crippen LogP contribution >= 0.6 is 0 Å². The molecule has 3 rings (SSSR count). The van der Waals surface area contributed by atoms with Crippen molar-refractivity contribution >= 4 is 23.5 Å². The minimum Gasteiger partial charge on any atom is -0.508 e. The number of amides is 2. The number of nitrogens with one attached hydrogen (secondary N) is 1. The highest BCUT2D eigenvalue weighted by atomic mass is 16.5. The van der Waals surface area contributed by atoms with E-state index in [0.29, 0.717) is 44.5 Å². The van der Waals surface area contributed by atoms with Crippen LogP contribution in [0.15, 0.2) is 85.5 Å². The molecule has 39 heavy (non-hydrogen) atoms. The molecule has 2 amide bonds. The molecule has 2 aromatic carbocycles. The van der Waals surface area contributed by atoms with Crippen molar-refractivity contribution in [1.82, 2.24) is 4.90 Å². The molecule has 3 atom stereocenters. The Morgan fingerprint density at radius 2 is 1.92 bits per heavy atom. The highest BCUT2D eigenvalue weighted by Gasteiger charge is 2.41. The Hall–Kier alpha value is -4.13. The number of anilines is 1. The molecule has 0 aromatic heterocycles. The van der Waals surface area contributed by atoms with E-state index in [4.69, 9.17) is 4.74 Å². The number of allylic oxidation sites excluding steroid dienone is 5. The molecule has 7 heteroatoms. The van der Waals surface area contributed by atoms with Gasteiger partial charge in [0, 0.05) is 31.5 Å². The van der Waals surface area contributed by atoms with E-state index in [1.165, 1.54) is 6.92 Å². The van der Waals surface area contributed by atoms with Crippen molar-refractivity contribution in [3.8, 4) is 5.75 Å². The number of likely N-dealkylation sites (tertiary alicyclic amines) is 1. The van der Waals surface area contributed by atoms with Gasteiger partial charge in [0.05, 0.1) is 6.61 Å². The van der Waals surface area contributed by atoms with Crippen LogP contribution in [0.25, 0.3) is 0 Å². The molecule has 0 saturated carbocycles. The third-order valence-electron chi connectivity index (χ3n) is 6.94. The summed E-state index contributed by atoms with van der Waals surface area (Å²) in [4.78, 5) is 39.6. The number of phenolic OH excluding ortho intramolecular Hbond substituents is 1. The molecule has 1 aliphatic rings. The van der Waals surface area contributed by atoms with Crippen molar-refractivity contribution in [3.05, 3.63) is 96.6 Å². The molecule has 2 aromatic rings. The zero-order valence-electron chi connectivity index (χ0n) is 22.7. The Bertz CT molecular complexity index is 1200. The van der Waals surface area contributed by atoms with Gasteiger partial charge in [0.15, 0.2) is 0 Å². The van der Waals surface area contributed by atoms with Crippen LogP contribution < -0.4 is 5.32 Å². The lowest BCUT2D eigenvalue weighted by atomic mass is 9.90. The van der Waals surface area contributed by atoms with Gasteiger partial charge < -0.3 is 20.1 Å². The molecule has 0 bridgehead atoms. The number of carbonyl (C=O) groups is 3. The number of carbonyl (C=O) groups excluding carboxylic acids is 3. The van der Waals surface area contributed by atoms with Crippen LogP contribution in [0.2, 0.25) is 0 Å². The lowest BCUT2D eigenvalue weighted by Gasteiger charge is -2.27. The third-order valence-corrected chi connectivity index (χ3v) is 6.94. The van der Waals surface area contributed by atoms with Gasteiger partial charge >= 0.3 is 5.97 Å². The van der Waals surface area contributed by atoms with Crippen LogP contribution in [0.3, 0.4) is 0 Å². The summed E-state index contributed by atoms with van der Waals surface area (Å²) in [5.74, 6) is -0.610. The fourth-order valence-electron chi connectivity index (χ4n) is 5.04. The molecule has 1 aliphatic heterocycles. The number of hydrogen-bond acceptors (Lipinski definition) is 5. The molecule has 0 spiro atoms. The van der Waals surface area contributed by atoms with E-state index >= 15 is 0 Å². The van der Waals surface area contributed by atoms with Gasteiger partial charge in [-0.15, -0.1) is 0 Å². The molecule has 1 saturated heterocycles. The van der Waals surface area contributed by atoms with E-state index in [0.717, 1.165) is 11.1 Å². The second-order valence-electron chi connectivity index (χ2n) is 9.58. The number of ether oxygens (including phenoxy) is 1. The zero-order chi connectivity index (χ0) is 28.2. The van der Waals surface area contributed by atoms with Gasteiger partial charge in [-0.3, -0.25) is 14.4 Å². The standard InChI is InChI=1S/C32H38N2O5/c1-4-6-7-8-9-11-24(16-19-30(37)39-5-2)26-12-10-13-27(22-26)33-32(38)31-29(20-21-34(31)23(3)35)25-14-17-28(36)18-15-25/h4,6-10,12-15,17-18,22,24,29,31,36H,1,5,11,16,19-21H2,2-3H3,(H,33,38)/b7-6-,9-8-. The first-order chi connectivity index (χ1) is 18.8. The van der Waals surface area contributed by atoms with Gasteiger partial charge in [-0.25, -0.2) is 0 Å². The number of aromatic hydroxyl groups is 1. The summed E-state index contributed by atoms with van der Waals surface area (Å²) in [5.41, 5.74) is 2.54. The Labute approximate surface area is 230 Å². The van der Waals surface area contributed by atoms with Crippen molar-refractivity contribution < 1.29 is 24.2 Å². The summed E-state index contributed by atoms with van der Waals surface area (Å²) in [7, 11) is 0. The second-order valence-corrected chi connectivity index (χ2v) is 9.58. The van der Waals surface area contributed by atoms with Crippen molar-refractivity contribution in [3.63, 3.8) is 0 Å². The number of benzene rings is 2. The maximum atomic E-state index is 13.6. The van der Waals surface area contributed by atoms with Crippen LogP contribution in [0, 0.1) is 0 Å². The summed E-state index contributed by atoms with van der Waals surface area (Å²) < 4.78 is 5.12. The van der Waals surface area contributed by atoms with Crippen LogP contribution in [-0.2, 0) is 19.1 Å². The fourth-order valence-corrected chi connectivity index (χ4v) is 5.04. The van der Waals surface area contributed by atoms with Crippen molar-refractivity contribution in [2.75, 3.05) is 18.5 Å². The van der Waals surface area contributed by atoms with E-state index in [-0.39, 0.29) is 35.4 Å². The summed E-state index contributed by atoms with van der Waals surface area (Å²) in [5, 5.41) is 12.7. The molecule has 0 radical (unpaired) electrons. The Balaban J connectivity index is 1.80. The molecule has 0 aliphatic carbocycles. The quantitative estimate of drug-likeness (QED) is 0.265. The number of phenols is 1. The van der Waals surface area contributed by atoms with E-state index in [1.54, 1.807) is 42.2 Å². The number of rotatable bonds is 12. The smallest absolute Gasteiger partial charge is 0.305 e. The first-order valence-corrected chi connectivity index (χ1v) is 13.4. The minimum absolute atomic E-state index is 0.0459. The predicted octanol–water partition coefficient (Wildman–Crippen LogP) is 5.85. The third kappa shape index (κ3) is 8.43. The number of nitrogens with zero attached hydrogens (tertiary/aromatic N) is 1. The second kappa shape index (κ2) is 14.7. The monoisotopic (exact) mass is 530 g/mol. The number of esters is 1. The first-order valence-electron chi connectivity index (χ1n) is 13.4. The van der Waals surface area contributed by atoms with Gasteiger partial charge in [0.25, 0.3) is 0 Å². The molecule has 1 fully saturated rings. The number of hydrogen-bond donors (Lipinski definition) is 2. The van der Waals surface area contributed by atoms with Gasteiger partial charge in [0.2, 0.25) is 11.8 Å². The first kappa shape index (κ1) is 29.4. The molecule has 7 nitrogen and oxygen atoms in total. The molecular weight excluding hydrogens is 492 g/mol.